The lowest BCUT2D eigenvalue weighted by Crippen LogP contribution is -2.38. The minimum Gasteiger partial charge on any atom is -0.348 e. The largest absolute Gasteiger partial charge is 0.348 e. The molecule has 3 unspecified atom stereocenters. The van der Waals surface area contributed by atoms with E-state index in [2.05, 4.69) is 10.2 Å². The van der Waals surface area contributed by atoms with Gasteiger partial charge in [-0.05, 0) is 44.4 Å². The van der Waals surface area contributed by atoms with Gasteiger partial charge in [0, 0.05) is 17.6 Å². The summed E-state index contributed by atoms with van der Waals surface area (Å²) < 4.78 is 0. The van der Waals surface area contributed by atoms with Crippen LogP contribution in [0.1, 0.15) is 31.9 Å². The second-order valence-electron chi connectivity index (χ2n) is 5.95. The Balaban J connectivity index is 0.00000242. The number of rotatable bonds is 5. The van der Waals surface area contributed by atoms with E-state index in [-0.39, 0.29) is 30.4 Å². The van der Waals surface area contributed by atoms with Gasteiger partial charge in [-0.15, -0.1) is 12.4 Å². The summed E-state index contributed by atoms with van der Waals surface area (Å²) in [5.41, 5.74) is 6.87. The van der Waals surface area contributed by atoms with Gasteiger partial charge in [0.25, 0.3) is 0 Å². The quantitative estimate of drug-likeness (QED) is 0.862. The van der Waals surface area contributed by atoms with E-state index < -0.39 is 0 Å². The Morgan fingerprint density at radius 2 is 2.14 bits per heavy atom. The Hall–Kier alpha value is -0.810. The molecule has 1 aliphatic heterocycles. The lowest BCUT2D eigenvalue weighted by molar-refractivity contribution is -0.122. The number of carbonyl (C=O) groups is 1. The third-order valence-corrected chi connectivity index (χ3v) is 4.51. The van der Waals surface area contributed by atoms with Gasteiger partial charge < -0.3 is 11.1 Å². The van der Waals surface area contributed by atoms with Crippen molar-refractivity contribution in [3.63, 3.8) is 0 Å². The van der Waals surface area contributed by atoms with Gasteiger partial charge in [-0.2, -0.15) is 0 Å². The zero-order chi connectivity index (χ0) is 15.4. The molecule has 1 aromatic rings. The van der Waals surface area contributed by atoms with Crippen LogP contribution in [0.2, 0.25) is 5.02 Å². The lowest BCUT2D eigenvalue weighted by Gasteiger charge is -2.20. The highest BCUT2D eigenvalue weighted by Gasteiger charge is 2.26. The Morgan fingerprint density at radius 3 is 2.73 bits per heavy atom. The van der Waals surface area contributed by atoms with Crippen molar-refractivity contribution >= 4 is 29.9 Å². The first kappa shape index (κ1) is 19.2. The van der Waals surface area contributed by atoms with Gasteiger partial charge in [-0.1, -0.05) is 29.8 Å². The van der Waals surface area contributed by atoms with Crippen LogP contribution in [0.5, 0.6) is 0 Å². The zero-order valence-electron chi connectivity index (χ0n) is 13.1. The Morgan fingerprint density at radius 1 is 1.45 bits per heavy atom. The highest BCUT2D eigenvalue weighted by atomic mass is 35.5. The van der Waals surface area contributed by atoms with Crippen molar-refractivity contribution < 1.29 is 4.79 Å². The number of amides is 1. The molecule has 0 aliphatic carbocycles. The van der Waals surface area contributed by atoms with Crippen LogP contribution in [0.4, 0.5) is 0 Å². The summed E-state index contributed by atoms with van der Waals surface area (Å²) in [6, 6.07) is 7.71. The third-order valence-electron chi connectivity index (χ3n) is 4.17. The van der Waals surface area contributed by atoms with Crippen molar-refractivity contribution in [1.29, 1.82) is 0 Å². The van der Waals surface area contributed by atoms with E-state index in [0.29, 0.717) is 17.5 Å². The van der Waals surface area contributed by atoms with Crippen molar-refractivity contribution in [3.8, 4) is 0 Å². The van der Waals surface area contributed by atoms with Crippen molar-refractivity contribution in [3.05, 3.63) is 34.9 Å². The third kappa shape index (κ3) is 5.13. The fourth-order valence-corrected chi connectivity index (χ4v) is 3.13. The van der Waals surface area contributed by atoms with Crippen LogP contribution in [0.15, 0.2) is 24.3 Å². The number of hydrogen-bond acceptors (Lipinski definition) is 3. The Kier molecular flexibility index (Phi) is 7.63. The van der Waals surface area contributed by atoms with Crippen LogP contribution in [0, 0.1) is 5.92 Å². The maximum absolute atomic E-state index is 12.1. The van der Waals surface area contributed by atoms with E-state index in [0.717, 1.165) is 25.1 Å². The SMILES string of the molecule is CC(NC(=O)CN1CCC(C(C)N)C1)c1ccccc1Cl.Cl. The van der Waals surface area contributed by atoms with E-state index >= 15 is 0 Å². The summed E-state index contributed by atoms with van der Waals surface area (Å²) in [6.45, 7) is 6.27. The molecule has 1 heterocycles. The molecule has 6 heteroatoms. The van der Waals surface area contributed by atoms with E-state index in [1.807, 2.05) is 38.1 Å². The number of halogens is 2. The molecule has 0 bridgehead atoms. The highest BCUT2D eigenvalue weighted by Crippen LogP contribution is 2.22. The minimum atomic E-state index is -0.0852. The fraction of sp³-hybridized carbons (Fsp3) is 0.562. The standard InChI is InChI=1S/C16H24ClN3O.ClH/c1-11(18)13-7-8-20(9-13)10-16(21)19-12(2)14-5-3-4-6-15(14)17;/h3-6,11-13H,7-10,18H2,1-2H3,(H,19,21);1H. The minimum absolute atomic E-state index is 0. The summed E-state index contributed by atoms with van der Waals surface area (Å²) in [5.74, 6) is 0.534. The fourth-order valence-electron chi connectivity index (χ4n) is 2.83. The Labute approximate surface area is 143 Å². The predicted octanol–water partition coefficient (Wildman–Crippen LogP) is 2.61. The first-order valence-electron chi connectivity index (χ1n) is 7.49. The monoisotopic (exact) mass is 345 g/mol. The maximum atomic E-state index is 12.1. The van der Waals surface area contributed by atoms with Gasteiger partial charge in [0.15, 0.2) is 0 Å². The van der Waals surface area contributed by atoms with Crippen molar-refractivity contribution in [2.24, 2.45) is 11.7 Å². The second kappa shape index (κ2) is 8.73. The first-order chi connectivity index (χ1) is 9.97. The molecule has 1 amide bonds. The predicted molar refractivity (Wildman–Crippen MR) is 93.5 cm³/mol. The molecular formula is C16H25Cl2N3O. The average Bonchev–Trinajstić information content (AvgIpc) is 2.87. The highest BCUT2D eigenvalue weighted by molar-refractivity contribution is 6.31. The number of hydrogen-bond donors (Lipinski definition) is 2. The van der Waals surface area contributed by atoms with Crippen molar-refractivity contribution in [2.45, 2.75) is 32.4 Å². The number of benzene rings is 1. The number of carbonyl (C=O) groups excluding carboxylic acids is 1. The molecule has 3 atom stereocenters. The molecule has 0 saturated carbocycles. The molecular weight excluding hydrogens is 321 g/mol. The molecule has 1 aliphatic rings. The van der Waals surface area contributed by atoms with E-state index in [9.17, 15) is 4.79 Å². The van der Waals surface area contributed by atoms with Crippen LogP contribution < -0.4 is 11.1 Å². The van der Waals surface area contributed by atoms with Crippen molar-refractivity contribution in [1.82, 2.24) is 10.2 Å². The molecule has 2 rings (SSSR count). The number of nitrogens with two attached hydrogens (primary N) is 1. The second-order valence-corrected chi connectivity index (χ2v) is 6.36. The topological polar surface area (TPSA) is 58.4 Å². The molecule has 1 saturated heterocycles. The summed E-state index contributed by atoms with van der Waals surface area (Å²) in [5, 5.41) is 3.70. The lowest BCUT2D eigenvalue weighted by atomic mass is 10.0. The van der Waals surface area contributed by atoms with Gasteiger partial charge in [0.05, 0.1) is 12.6 Å². The molecule has 0 aromatic heterocycles. The molecule has 4 nitrogen and oxygen atoms in total. The normalized spacial score (nSPS) is 21.0. The van der Waals surface area contributed by atoms with E-state index in [1.54, 1.807) is 0 Å². The van der Waals surface area contributed by atoms with Crippen LogP contribution in [0.3, 0.4) is 0 Å². The van der Waals surface area contributed by atoms with Gasteiger partial charge >= 0.3 is 0 Å². The van der Waals surface area contributed by atoms with Crippen LogP contribution in [-0.4, -0.2) is 36.5 Å². The molecule has 0 spiro atoms. The number of nitrogens with zero attached hydrogens (tertiary/aromatic N) is 1. The molecule has 22 heavy (non-hydrogen) atoms. The summed E-state index contributed by atoms with van der Waals surface area (Å²) in [7, 11) is 0. The molecule has 124 valence electrons. The summed E-state index contributed by atoms with van der Waals surface area (Å²) in [6.07, 6.45) is 1.07. The van der Waals surface area contributed by atoms with Crippen LogP contribution in [-0.2, 0) is 4.79 Å². The van der Waals surface area contributed by atoms with Crippen LogP contribution in [0.25, 0.3) is 0 Å². The van der Waals surface area contributed by atoms with Crippen LogP contribution >= 0.6 is 24.0 Å². The van der Waals surface area contributed by atoms with E-state index in [1.165, 1.54) is 0 Å². The summed E-state index contributed by atoms with van der Waals surface area (Å²) in [4.78, 5) is 14.3. The molecule has 1 aromatic carbocycles. The zero-order valence-corrected chi connectivity index (χ0v) is 14.7. The van der Waals surface area contributed by atoms with Gasteiger partial charge in [0.2, 0.25) is 5.91 Å². The molecule has 3 N–H and O–H groups in total. The Bertz CT molecular complexity index is 496. The van der Waals surface area contributed by atoms with Gasteiger partial charge in [0.1, 0.15) is 0 Å². The maximum Gasteiger partial charge on any atom is 0.234 e. The van der Waals surface area contributed by atoms with E-state index in [4.69, 9.17) is 17.3 Å². The average molecular weight is 346 g/mol. The van der Waals surface area contributed by atoms with Crippen molar-refractivity contribution in [2.75, 3.05) is 19.6 Å². The van der Waals surface area contributed by atoms with Gasteiger partial charge in [-0.25, -0.2) is 0 Å². The number of likely N-dealkylation sites (tertiary alicyclic amines) is 1. The summed E-state index contributed by atoms with van der Waals surface area (Å²) >= 11 is 6.15. The molecule has 0 radical (unpaired) electrons. The smallest absolute Gasteiger partial charge is 0.234 e. The van der Waals surface area contributed by atoms with Gasteiger partial charge in [-0.3, -0.25) is 9.69 Å². The number of nitrogens with one attached hydrogen (secondary N) is 1. The first-order valence-corrected chi connectivity index (χ1v) is 7.87. The molecule has 1 fully saturated rings.